The summed E-state index contributed by atoms with van der Waals surface area (Å²) in [5.74, 6) is 0. The Bertz CT molecular complexity index is 857. The first-order valence-corrected chi connectivity index (χ1v) is 10.2. The third kappa shape index (κ3) is 7.62. The van der Waals surface area contributed by atoms with Gasteiger partial charge in [-0.1, -0.05) is 78.9 Å². The van der Waals surface area contributed by atoms with Crippen LogP contribution in [-0.2, 0) is 6.54 Å². The topological polar surface area (TPSA) is 30.3 Å². The number of benzene rings is 2. The maximum atomic E-state index is 8.91. The Hall–Kier alpha value is -2.80. The molecule has 1 saturated heterocycles. The van der Waals surface area contributed by atoms with E-state index in [1.165, 1.54) is 5.56 Å². The minimum Gasteiger partial charge on any atom is -0.368 e. The van der Waals surface area contributed by atoms with E-state index in [4.69, 9.17) is 16.9 Å². The van der Waals surface area contributed by atoms with Crippen LogP contribution in [0.25, 0.3) is 0 Å². The molecule has 4 heteroatoms. The minimum atomic E-state index is 0.608. The summed E-state index contributed by atoms with van der Waals surface area (Å²) in [6, 6.07) is 18.2. The van der Waals surface area contributed by atoms with Gasteiger partial charge in [-0.3, -0.25) is 4.90 Å². The molecular formula is C25H28ClN3. The Morgan fingerprint density at radius 1 is 1.03 bits per heavy atom. The molecule has 3 nitrogen and oxygen atoms in total. The van der Waals surface area contributed by atoms with Gasteiger partial charge < -0.3 is 4.90 Å². The van der Waals surface area contributed by atoms with Crippen molar-refractivity contribution in [1.29, 1.82) is 5.26 Å². The van der Waals surface area contributed by atoms with Crippen LogP contribution >= 0.6 is 11.6 Å². The van der Waals surface area contributed by atoms with Gasteiger partial charge in [0.2, 0.25) is 0 Å². The molecular weight excluding hydrogens is 378 g/mol. The van der Waals surface area contributed by atoms with Gasteiger partial charge in [-0.2, -0.15) is 5.26 Å². The van der Waals surface area contributed by atoms with E-state index in [1.807, 2.05) is 49.4 Å². The predicted molar refractivity (Wildman–Crippen MR) is 124 cm³/mol. The Morgan fingerprint density at radius 3 is 2.34 bits per heavy atom. The average molecular weight is 406 g/mol. The molecule has 1 aliphatic rings. The van der Waals surface area contributed by atoms with Gasteiger partial charge in [-0.05, 0) is 30.7 Å². The minimum absolute atomic E-state index is 0.608. The second kappa shape index (κ2) is 12.6. The van der Waals surface area contributed by atoms with Gasteiger partial charge in [-0.25, -0.2) is 0 Å². The average Bonchev–Trinajstić information content (AvgIpc) is 2.76. The van der Waals surface area contributed by atoms with Crippen molar-refractivity contribution in [2.45, 2.75) is 13.5 Å². The molecule has 0 bridgehead atoms. The van der Waals surface area contributed by atoms with Crippen LogP contribution in [0, 0.1) is 11.3 Å². The van der Waals surface area contributed by atoms with Gasteiger partial charge in [0.25, 0.3) is 0 Å². The molecule has 1 fully saturated rings. The van der Waals surface area contributed by atoms with E-state index < -0.39 is 0 Å². The number of piperazine rings is 1. The highest BCUT2D eigenvalue weighted by molar-refractivity contribution is 6.33. The Balaban J connectivity index is 0.000000370. The summed E-state index contributed by atoms with van der Waals surface area (Å²) in [6.07, 6.45) is 9.51. The van der Waals surface area contributed by atoms with Crippen molar-refractivity contribution in [2.24, 2.45) is 0 Å². The summed E-state index contributed by atoms with van der Waals surface area (Å²) in [6.45, 7) is 10.4. The van der Waals surface area contributed by atoms with Gasteiger partial charge >= 0.3 is 0 Å². The molecule has 1 aliphatic heterocycles. The van der Waals surface area contributed by atoms with Crippen LogP contribution < -0.4 is 4.90 Å². The van der Waals surface area contributed by atoms with Crippen molar-refractivity contribution in [3.8, 4) is 6.07 Å². The summed E-state index contributed by atoms with van der Waals surface area (Å²) in [4.78, 5) is 4.76. The van der Waals surface area contributed by atoms with Gasteiger partial charge in [0.1, 0.15) is 0 Å². The molecule has 2 aromatic carbocycles. The Labute approximate surface area is 179 Å². The van der Waals surface area contributed by atoms with Crippen molar-refractivity contribution in [1.82, 2.24) is 4.90 Å². The quantitative estimate of drug-likeness (QED) is 0.585. The molecule has 0 aromatic heterocycles. The van der Waals surface area contributed by atoms with Gasteiger partial charge in [0, 0.05) is 32.7 Å². The molecule has 0 aliphatic carbocycles. The summed E-state index contributed by atoms with van der Waals surface area (Å²) >= 11 is 6.30. The monoisotopic (exact) mass is 405 g/mol. The second-order valence-corrected chi connectivity index (χ2v) is 7.08. The van der Waals surface area contributed by atoms with E-state index in [0.29, 0.717) is 10.6 Å². The zero-order valence-electron chi connectivity index (χ0n) is 17.0. The number of allylic oxidation sites excluding steroid dienone is 5. The van der Waals surface area contributed by atoms with Crippen molar-refractivity contribution >= 4 is 17.3 Å². The molecule has 150 valence electrons. The molecule has 3 rings (SSSR count). The molecule has 29 heavy (non-hydrogen) atoms. The standard InChI is InChI=1S/C18H18ClN3.C7H10/c19-17-12-16(13-20)6-7-18(17)22-10-8-21(9-11-22)14-15-4-2-1-3-5-15;1-3-5-7-6-4-2/h1-7,12H,8-11,14H2;3-7H,1H2,2H3/b;6-4-,7-5-. The van der Waals surface area contributed by atoms with Crippen molar-refractivity contribution in [3.05, 3.63) is 102 Å². The van der Waals surface area contributed by atoms with Crippen molar-refractivity contribution < 1.29 is 0 Å². The van der Waals surface area contributed by atoms with E-state index in [0.717, 1.165) is 38.4 Å². The summed E-state index contributed by atoms with van der Waals surface area (Å²) in [7, 11) is 0. The fourth-order valence-corrected chi connectivity index (χ4v) is 3.38. The molecule has 0 saturated carbocycles. The van der Waals surface area contributed by atoms with Crippen LogP contribution in [0.1, 0.15) is 18.1 Å². The highest BCUT2D eigenvalue weighted by atomic mass is 35.5. The van der Waals surface area contributed by atoms with E-state index in [1.54, 1.807) is 12.1 Å². The maximum absolute atomic E-state index is 8.91. The van der Waals surface area contributed by atoms with E-state index >= 15 is 0 Å². The zero-order valence-corrected chi connectivity index (χ0v) is 17.7. The highest BCUT2D eigenvalue weighted by Crippen LogP contribution is 2.27. The second-order valence-electron chi connectivity index (χ2n) is 6.67. The predicted octanol–water partition coefficient (Wildman–Crippen LogP) is 5.84. The van der Waals surface area contributed by atoms with Crippen molar-refractivity contribution in [2.75, 3.05) is 31.1 Å². The van der Waals surface area contributed by atoms with E-state index in [2.05, 4.69) is 46.7 Å². The van der Waals surface area contributed by atoms with Crippen LogP contribution in [0.15, 0.2) is 85.5 Å². The van der Waals surface area contributed by atoms with Gasteiger partial charge in [0.05, 0.1) is 22.3 Å². The largest absolute Gasteiger partial charge is 0.368 e. The number of nitriles is 1. The number of halogens is 1. The summed E-state index contributed by atoms with van der Waals surface area (Å²) in [5, 5.41) is 9.57. The molecule has 0 unspecified atom stereocenters. The van der Waals surface area contributed by atoms with Crippen molar-refractivity contribution in [3.63, 3.8) is 0 Å². The molecule has 0 N–H and O–H groups in total. The lowest BCUT2D eigenvalue weighted by Gasteiger charge is -2.36. The molecule has 0 atom stereocenters. The zero-order chi connectivity index (χ0) is 20.9. The van der Waals surface area contributed by atoms with Crippen LogP contribution in [0.5, 0.6) is 0 Å². The Kier molecular flexibility index (Phi) is 9.78. The number of hydrogen-bond acceptors (Lipinski definition) is 3. The van der Waals surface area contributed by atoms with Gasteiger partial charge in [0.15, 0.2) is 0 Å². The van der Waals surface area contributed by atoms with Crippen LogP contribution in [-0.4, -0.2) is 31.1 Å². The van der Waals surface area contributed by atoms with Crippen LogP contribution in [0.2, 0.25) is 5.02 Å². The summed E-state index contributed by atoms with van der Waals surface area (Å²) in [5.41, 5.74) is 2.99. The number of anilines is 1. The lowest BCUT2D eigenvalue weighted by Crippen LogP contribution is -2.46. The first kappa shape index (κ1) is 22.5. The number of rotatable bonds is 5. The third-order valence-corrected chi connectivity index (χ3v) is 4.89. The molecule has 1 heterocycles. The fourth-order valence-electron chi connectivity index (χ4n) is 3.08. The van der Waals surface area contributed by atoms with E-state index in [-0.39, 0.29) is 0 Å². The molecule has 2 aromatic rings. The van der Waals surface area contributed by atoms with Crippen LogP contribution in [0.4, 0.5) is 5.69 Å². The molecule has 0 amide bonds. The Morgan fingerprint density at radius 2 is 1.76 bits per heavy atom. The first-order valence-electron chi connectivity index (χ1n) is 9.79. The summed E-state index contributed by atoms with van der Waals surface area (Å²) < 4.78 is 0. The first-order chi connectivity index (χ1) is 14.2. The number of hydrogen-bond donors (Lipinski definition) is 0. The van der Waals surface area contributed by atoms with E-state index in [9.17, 15) is 0 Å². The smallest absolute Gasteiger partial charge is 0.0992 e. The molecule has 0 spiro atoms. The normalized spacial score (nSPS) is 14.4. The lowest BCUT2D eigenvalue weighted by molar-refractivity contribution is 0.250. The van der Waals surface area contributed by atoms with Gasteiger partial charge in [-0.15, -0.1) is 0 Å². The number of nitrogens with zero attached hydrogens (tertiary/aromatic N) is 3. The molecule has 0 radical (unpaired) electrons. The lowest BCUT2D eigenvalue weighted by atomic mass is 10.1. The maximum Gasteiger partial charge on any atom is 0.0992 e. The highest BCUT2D eigenvalue weighted by Gasteiger charge is 2.19. The third-order valence-electron chi connectivity index (χ3n) is 4.59. The van der Waals surface area contributed by atoms with Crippen LogP contribution in [0.3, 0.4) is 0 Å². The fraction of sp³-hybridized carbons (Fsp3) is 0.240. The SMILES string of the molecule is C=C/C=C\C=C/C.N#Cc1ccc(N2CCN(Cc3ccccc3)CC2)c(Cl)c1.